The first-order chi connectivity index (χ1) is 9.24. The van der Waals surface area contributed by atoms with Crippen molar-refractivity contribution in [2.75, 3.05) is 0 Å². The molecule has 5 heteroatoms. The molecule has 0 saturated heterocycles. The van der Waals surface area contributed by atoms with Crippen LogP contribution in [0.4, 0.5) is 0 Å². The van der Waals surface area contributed by atoms with Crippen LogP contribution in [0.5, 0.6) is 0 Å². The van der Waals surface area contributed by atoms with E-state index in [4.69, 9.17) is 5.73 Å². The Morgan fingerprint density at radius 3 is 3.11 bits per heavy atom. The lowest BCUT2D eigenvalue weighted by Crippen LogP contribution is -2.12. The van der Waals surface area contributed by atoms with Crippen molar-refractivity contribution in [2.24, 2.45) is 12.8 Å². The van der Waals surface area contributed by atoms with E-state index in [2.05, 4.69) is 21.4 Å². The van der Waals surface area contributed by atoms with Crippen LogP contribution < -0.4 is 5.73 Å². The fourth-order valence-electron chi connectivity index (χ4n) is 2.15. The summed E-state index contributed by atoms with van der Waals surface area (Å²) < 4.78 is 3.23. The number of aryl methyl sites for hydroxylation is 2. The summed E-state index contributed by atoms with van der Waals surface area (Å²) in [5.74, 6) is 1.07. The van der Waals surface area contributed by atoms with Gasteiger partial charge in [-0.1, -0.05) is 0 Å². The highest BCUT2D eigenvalue weighted by atomic mass is 32.1. The highest BCUT2D eigenvalue weighted by molar-refractivity contribution is 7.17. The third-order valence-electron chi connectivity index (χ3n) is 3.35. The second kappa shape index (κ2) is 5.11. The minimum absolute atomic E-state index is 0.00991. The summed E-state index contributed by atoms with van der Waals surface area (Å²) in [6, 6.07) is 4.19. The maximum Gasteiger partial charge on any atom is 0.108 e. The van der Waals surface area contributed by atoms with E-state index < -0.39 is 0 Å². The van der Waals surface area contributed by atoms with Crippen LogP contribution in [0.3, 0.4) is 0 Å². The van der Waals surface area contributed by atoms with Crippen LogP contribution in [0.25, 0.3) is 10.2 Å². The Bertz CT molecular complexity index is 685. The molecule has 0 radical (unpaired) electrons. The van der Waals surface area contributed by atoms with E-state index in [1.165, 1.54) is 4.70 Å². The van der Waals surface area contributed by atoms with Crippen LogP contribution in [0.2, 0.25) is 0 Å². The molecule has 0 aromatic carbocycles. The summed E-state index contributed by atoms with van der Waals surface area (Å²) in [5, 5.41) is 2.06. The standard InChI is InChI=1S/C14H16N4S/c1-18-6-5-16-14(18)3-2-11(15)10-8-13-12(17-9-10)4-7-19-13/h4-9,11H,2-3,15H2,1H3. The van der Waals surface area contributed by atoms with Crippen molar-refractivity contribution >= 4 is 21.6 Å². The van der Waals surface area contributed by atoms with Crippen LogP contribution in [0, 0.1) is 0 Å². The first-order valence-electron chi connectivity index (χ1n) is 6.29. The zero-order valence-electron chi connectivity index (χ0n) is 10.8. The highest BCUT2D eigenvalue weighted by Crippen LogP contribution is 2.23. The lowest BCUT2D eigenvalue weighted by molar-refractivity contribution is 0.620. The van der Waals surface area contributed by atoms with E-state index >= 15 is 0 Å². The van der Waals surface area contributed by atoms with Gasteiger partial charge in [0.15, 0.2) is 0 Å². The van der Waals surface area contributed by atoms with E-state index in [1.54, 1.807) is 11.3 Å². The first-order valence-corrected chi connectivity index (χ1v) is 7.17. The fourth-order valence-corrected chi connectivity index (χ4v) is 2.94. The molecule has 1 atom stereocenters. The van der Waals surface area contributed by atoms with Crippen molar-refractivity contribution in [3.8, 4) is 0 Å². The first kappa shape index (κ1) is 12.3. The van der Waals surface area contributed by atoms with Crippen LogP contribution in [0.15, 0.2) is 36.1 Å². The average molecular weight is 272 g/mol. The molecule has 19 heavy (non-hydrogen) atoms. The molecular formula is C14H16N4S. The number of nitrogens with zero attached hydrogens (tertiary/aromatic N) is 3. The molecule has 0 amide bonds. The van der Waals surface area contributed by atoms with Gasteiger partial charge < -0.3 is 10.3 Å². The van der Waals surface area contributed by atoms with Gasteiger partial charge in [-0.3, -0.25) is 4.98 Å². The number of aromatic nitrogens is 3. The number of imidazole rings is 1. The Morgan fingerprint density at radius 1 is 1.42 bits per heavy atom. The molecule has 0 bridgehead atoms. The van der Waals surface area contributed by atoms with Crippen molar-refractivity contribution in [3.05, 3.63) is 47.5 Å². The van der Waals surface area contributed by atoms with E-state index in [9.17, 15) is 0 Å². The van der Waals surface area contributed by atoms with Gasteiger partial charge in [-0.25, -0.2) is 4.98 Å². The van der Waals surface area contributed by atoms with Gasteiger partial charge in [-0.2, -0.15) is 0 Å². The van der Waals surface area contributed by atoms with Crippen molar-refractivity contribution < 1.29 is 0 Å². The lowest BCUT2D eigenvalue weighted by Gasteiger charge is -2.11. The normalized spacial score (nSPS) is 12.9. The van der Waals surface area contributed by atoms with Crippen LogP contribution in [-0.4, -0.2) is 14.5 Å². The van der Waals surface area contributed by atoms with Gasteiger partial charge in [-0.05, 0) is 29.5 Å². The van der Waals surface area contributed by atoms with Crippen molar-refractivity contribution in [3.63, 3.8) is 0 Å². The molecule has 0 aliphatic carbocycles. The van der Waals surface area contributed by atoms with E-state index in [0.29, 0.717) is 0 Å². The predicted octanol–water partition coefficient (Wildman–Crippen LogP) is 2.66. The number of hydrogen-bond acceptors (Lipinski definition) is 4. The predicted molar refractivity (Wildman–Crippen MR) is 78.1 cm³/mol. The van der Waals surface area contributed by atoms with Crippen LogP contribution >= 0.6 is 11.3 Å². The number of fused-ring (bicyclic) bond motifs is 1. The second-order valence-corrected chi connectivity index (χ2v) is 5.62. The van der Waals surface area contributed by atoms with Gasteiger partial charge in [0.25, 0.3) is 0 Å². The van der Waals surface area contributed by atoms with Gasteiger partial charge in [0.1, 0.15) is 5.82 Å². The molecule has 4 nitrogen and oxygen atoms in total. The third-order valence-corrected chi connectivity index (χ3v) is 4.20. The maximum absolute atomic E-state index is 6.25. The van der Waals surface area contributed by atoms with Gasteiger partial charge >= 0.3 is 0 Å². The molecule has 0 spiro atoms. The number of nitrogens with two attached hydrogens (primary N) is 1. The second-order valence-electron chi connectivity index (χ2n) is 4.67. The Morgan fingerprint density at radius 2 is 2.32 bits per heavy atom. The average Bonchev–Trinajstić information content (AvgIpc) is 3.03. The van der Waals surface area contributed by atoms with Crippen molar-refractivity contribution in [2.45, 2.75) is 18.9 Å². The molecule has 0 aliphatic rings. The van der Waals surface area contributed by atoms with Gasteiger partial charge in [0.2, 0.25) is 0 Å². The highest BCUT2D eigenvalue weighted by Gasteiger charge is 2.10. The fraction of sp³-hybridized carbons (Fsp3) is 0.286. The van der Waals surface area contributed by atoms with Crippen LogP contribution in [0.1, 0.15) is 23.9 Å². The number of thiophene rings is 1. The summed E-state index contributed by atoms with van der Waals surface area (Å²) in [6.45, 7) is 0. The molecular weight excluding hydrogens is 256 g/mol. The van der Waals surface area contributed by atoms with Gasteiger partial charge in [0.05, 0.1) is 10.2 Å². The monoisotopic (exact) mass is 272 g/mol. The summed E-state index contributed by atoms with van der Waals surface area (Å²) in [5.41, 5.74) is 8.40. The maximum atomic E-state index is 6.25. The number of pyridine rings is 1. The zero-order valence-corrected chi connectivity index (χ0v) is 11.6. The Kier molecular flexibility index (Phi) is 3.31. The minimum atomic E-state index is 0.00991. The quantitative estimate of drug-likeness (QED) is 0.794. The van der Waals surface area contributed by atoms with Crippen LogP contribution in [-0.2, 0) is 13.5 Å². The summed E-state index contributed by atoms with van der Waals surface area (Å²) >= 11 is 1.70. The third kappa shape index (κ3) is 2.52. The Labute approximate surface area is 115 Å². The summed E-state index contributed by atoms with van der Waals surface area (Å²) in [6.07, 6.45) is 7.43. The van der Waals surface area contributed by atoms with Crippen molar-refractivity contribution in [1.82, 2.24) is 14.5 Å². The largest absolute Gasteiger partial charge is 0.338 e. The lowest BCUT2D eigenvalue weighted by atomic mass is 10.0. The molecule has 3 aromatic rings. The van der Waals surface area contributed by atoms with E-state index in [1.807, 2.05) is 36.3 Å². The molecule has 1 unspecified atom stereocenters. The van der Waals surface area contributed by atoms with Crippen molar-refractivity contribution in [1.29, 1.82) is 0 Å². The molecule has 3 aromatic heterocycles. The molecule has 0 fully saturated rings. The molecule has 3 heterocycles. The molecule has 3 rings (SSSR count). The number of hydrogen-bond donors (Lipinski definition) is 1. The molecule has 2 N–H and O–H groups in total. The Hall–Kier alpha value is -1.72. The van der Waals surface area contributed by atoms with E-state index in [-0.39, 0.29) is 6.04 Å². The molecule has 0 aliphatic heterocycles. The minimum Gasteiger partial charge on any atom is -0.338 e. The number of rotatable bonds is 4. The van der Waals surface area contributed by atoms with Gasteiger partial charge in [-0.15, -0.1) is 11.3 Å². The molecule has 0 saturated carbocycles. The van der Waals surface area contributed by atoms with Gasteiger partial charge in [0, 0.05) is 38.1 Å². The smallest absolute Gasteiger partial charge is 0.108 e. The molecule has 98 valence electrons. The summed E-state index contributed by atoms with van der Waals surface area (Å²) in [7, 11) is 2.01. The SMILES string of the molecule is Cn1ccnc1CCC(N)c1cnc2ccsc2c1. The summed E-state index contributed by atoms with van der Waals surface area (Å²) in [4.78, 5) is 8.75. The topological polar surface area (TPSA) is 56.7 Å². The zero-order chi connectivity index (χ0) is 13.2. The van der Waals surface area contributed by atoms with E-state index in [0.717, 1.165) is 29.7 Å². The Balaban J connectivity index is 1.72.